The fourth-order valence-electron chi connectivity index (χ4n) is 2.43. The summed E-state index contributed by atoms with van der Waals surface area (Å²) in [5, 5.41) is 6.75. The number of Topliss-reactive ketones (excluding diaryl/α,β-unsaturated/α-hetero) is 1. The molecule has 0 unspecified atom stereocenters. The molecule has 0 bridgehead atoms. The van der Waals surface area contributed by atoms with E-state index in [2.05, 4.69) is 10.3 Å². The summed E-state index contributed by atoms with van der Waals surface area (Å²) in [4.78, 5) is 29.6. The Morgan fingerprint density at radius 3 is 2.58 bits per heavy atom. The van der Waals surface area contributed by atoms with E-state index >= 15 is 0 Å². The Bertz CT molecular complexity index is 897. The third-order valence-electron chi connectivity index (χ3n) is 3.74. The van der Waals surface area contributed by atoms with Crippen molar-refractivity contribution >= 4 is 51.8 Å². The van der Waals surface area contributed by atoms with Gasteiger partial charge in [0.1, 0.15) is 0 Å². The monoisotopic (exact) mass is 402 g/mol. The first-order chi connectivity index (χ1) is 12.5. The summed E-state index contributed by atoms with van der Waals surface area (Å²) >= 11 is 4.33. The standard InChI is InChI=1S/C19H18N2O2S3/c1-12-5-3-6-13(2)18(12)21-17(23)9-14-10-25-19(20-14)26-11-15(22)16-7-4-8-24-16/h3-8,10H,9,11H2,1-2H3,(H,21,23). The zero-order chi connectivity index (χ0) is 18.5. The van der Waals surface area contributed by atoms with Crippen LogP contribution in [0.5, 0.6) is 0 Å². The van der Waals surface area contributed by atoms with E-state index in [-0.39, 0.29) is 18.1 Å². The Labute approximate surface area is 164 Å². The van der Waals surface area contributed by atoms with E-state index < -0.39 is 0 Å². The number of carbonyl (C=O) groups excluding carboxylic acids is 2. The number of thiazole rings is 1. The maximum atomic E-state index is 12.3. The van der Waals surface area contributed by atoms with Gasteiger partial charge in [-0.05, 0) is 36.4 Å². The number of ketones is 1. The van der Waals surface area contributed by atoms with Crippen LogP contribution in [0, 0.1) is 13.8 Å². The largest absolute Gasteiger partial charge is 0.325 e. The van der Waals surface area contributed by atoms with Crippen molar-refractivity contribution in [3.05, 3.63) is 62.8 Å². The molecule has 1 aromatic carbocycles. The van der Waals surface area contributed by atoms with Gasteiger partial charge in [-0.15, -0.1) is 22.7 Å². The Balaban J connectivity index is 1.54. The average Bonchev–Trinajstić information content (AvgIpc) is 3.28. The maximum absolute atomic E-state index is 12.3. The lowest BCUT2D eigenvalue weighted by atomic mass is 10.1. The number of amides is 1. The average molecular weight is 403 g/mol. The normalized spacial score (nSPS) is 10.7. The molecule has 3 aromatic rings. The van der Waals surface area contributed by atoms with Crippen LogP contribution in [-0.2, 0) is 11.2 Å². The summed E-state index contributed by atoms with van der Waals surface area (Å²) in [6.07, 6.45) is 0.226. The van der Waals surface area contributed by atoms with Gasteiger partial charge < -0.3 is 5.32 Å². The number of nitrogens with zero attached hydrogens (tertiary/aromatic N) is 1. The Kier molecular flexibility index (Phi) is 6.24. The van der Waals surface area contributed by atoms with Gasteiger partial charge in [0.2, 0.25) is 5.91 Å². The summed E-state index contributed by atoms with van der Waals surface area (Å²) in [7, 11) is 0. The van der Waals surface area contributed by atoms with E-state index in [1.54, 1.807) is 0 Å². The lowest BCUT2D eigenvalue weighted by molar-refractivity contribution is -0.115. The Morgan fingerprint density at radius 1 is 1.12 bits per heavy atom. The van der Waals surface area contributed by atoms with Gasteiger partial charge in [-0.1, -0.05) is 36.0 Å². The van der Waals surface area contributed by atoms with Crippen LogP contribution >= 0.6 is 34.4 Å². The zero-order valence-electron chi connectivity index (χ0n) is 14.4. The molecule has 0 saturated heterocycles. The summed E-state index contributed by atoms with van der Waals surface area (Å²) in [5.41, 5.74) is 3.67. The molecule has 0 spiro atoms. The van der Waals surface area contributed by atoms with E-state index in [1.807, 2.05) is 54.9 Å². The first-order valence-electron chi connectivity index (χ1n) is 8.03. The van der Waals surface area contributed by atoms with E-state index in [1.165, 1.54) is 34.4 Å². The Morgan fingerprint density at radius 2 is 1.88 bits per heavy atom. The SMILES string of the molecule is Cc1cccc(C)c1NC(=O)Cc1csc(SCC(=O)c2cccs2)n1. The number of rotatable bonds is 7. The van der Waals surface area contributed by atoms with Crippen LogP contribution in [0.25, 0.3) is 0 Å². The van der Waals surface area contributed by atoms with E-state index in [0.717, 1.165) is 31.7 Å². The van der Waals surface area contributed by atoms with Crippen LogP contribution in [0.1, 0.15) is 26.5 Å². The first-order valence-corrected chi connectivity index (χ1v) is 10.8. The molecular weight excluding hydrogens is 384 g/mol. The highest BCUT2D eigenvalue weighted by atomic mass is 32.2. The number of thiophene rings is 1. The van der Waals surface area contributed by atoms with Crippen LogP contribution in [-0.4, -0.2) is 22.4 Å². The number of aromatic nitrogens is 1. The molecule has 0 atom stereocenters. The topological polar surface area (TPSA) is 59.1 Å². The van der Waals surface area contributed by atoms with Crippen LogP contribution < -0.4 is 5.32 Å². The van der Waals surface area contributed by atoms with Gasteiger partial charge in [0.25, 0.3) is 0 Å². The van der Waals surface area contributed by atoms with Gasteiger partial charge in [-0.2, -0.15) is 0 Å². The molecule has 1 amide bonds. The Hall–Kier alpha value is -1.96. The zero-order valence-corrected chi connectivity index (χ0v) is 16.9. The second-order valence-electron chi connectivity index (χ2n) is 5.79. The number of nitrogens with one attached hydrogen (secondary N) is 1. The molecule has 26 heavy (non-hydrogen) atoms. The van der Waals surface area contributed by atoms with E-state index in [9.17, 15) is 9.59 Å². The number of hydrogen-bond acceptors (Lipinski definition) is 6. The second-order valence-corrected chi connectivity index (χ2v) is 8.81. The smallest absolute Gasteiger partial charge is 0.230 e. The molecule has 0 aliphatic carbocycles. The van der Waals surface area contributed by atoms with Crippen LogP contribution in [0.3, 0.4) is 0 Å². The number of benzene rings is 1. The molecule has 1 N–H and O–H groups in total. The summed E-state index contributed by atoms with van der Waals surface area (Å²) in [5.74, 6) is 0.385. The van der Waals surface area contributed by atoms with Gasteiger partial charge in [0.05, 0.1) is 22.7 Å². The van der Waals surface area contributed by atoms with Crippen LogP contribution in [0.2, 0.25) is 0 Å². The number of anilines is 1. The van der Waals surface area contributed by atoms with Gasteiger partial charge in [0.15, 0.2) is 10.1 Å². The lowest BCUT2D eigenvalue weighted by Gasteiger charge is -2.10. The van der Waals surface area contributed by atoms with Gasteiger partial charge in [-0.3, -0.25) is 9.59 Å². The first kappa shape index (κ1) is 18.8. The molecule has 0 aliphatic heterocycles. The molecule has 0 aliphatic rings. The summed E-state index contributed by atoms with van der Waals surface area (Å²) < 4.78 is 0.810. The second kappa shape index (κ2) is 8.62. The molecule has 2 heterocycles. The molecule has 0 radical (unpaired) electrons. The molecule has 2 aromatic heterocycles. The maximum Gasteiger partial charge on any atom is 0.230 e. The highest BCUT2D eigenvalue weighted by Gasteiger charge is 2.13. The molecule has 134 valence electrons. The number of aryl methyl sites for hydroxylation is 2. The fourth-order valence-corrected chi connectivity index (χ4v) is 4.92. The van der Waals surface area contributed by atoms with Gasteiger partial charge in [0, 0.05) is 11.1 Å². The van der Waals surface area contributed by atoms with Crippen LogP contribution in [0.15, 0.2) is 45.4 Å². The molecule has 4 nitrogen and oxygen atoms in total. The minimum absolute atomic E-state index is 0.0843. The highest BCUT2D eigenvalue weighted by Crippen LogP contribution is 2.25. The quantitative estimate of drug-likeness (QED) is 0.447. The third-order valence-corrected chi connectivity index (χ3v) is 6.72. The number of hydrogen-bond donors (Lipinski definition) is 1. The van der Waals surface area contributed by atoms with Crippen molar-refractivity contribution in [3.63, 3.8) is 0 Å². The molecule has 0 fully saturated rings. The minimum atomic E-state index is -0.0843. The predicted octanol–water partition coefficient (Wildman–Crippen LogP) is 4.98. The van der Waals surface area contributed by atoms with Crippen molar-refractivity contribution in [1.29, 1.82) is 0 Å². The number of thioether (sulfide) groups is 1. The number of carbonyl (C=O) groups is 2. The van der Waals surface area contributed by atoms with Crippen molar-refractivity contribution in [3.8, 4) is 0 Å². The fraction of sp³-hybridized carbons (Fsp3) is 0.211. The van der Waals surface area contributed by atoms with Crippen molar-refractivity contribution in [2.75, 3.05) is 11.1 Å². The molecule has 0 saturated carbocycles. The van der Waals surface area contributed by atoms with Crippen molar-refractivity contribution in [2.24, 2.45) is 0 Å². The number of para-hydroxylation sites is 1. The third kappa shape index (κ3) is 4.81. The molecular formula is C19H18N2O2S3. The predicted molar refractivity (Wildman–Crippen MR) is 110 cm³/mol. The molecule has 3 rings (SSSR count). The highest BCUT2D eigenvalue weighted by molar-refractivity contribution is 8.01. The van der Waals surface area contributed by atoms with E-state index in [4.69, 9.17) is 0 Å². The van der Waals surface area contributed by atoms with Crippen molar-refractivity contribution in [1.82, 2.24) is 4.98 Å². The lowest BCUT2D eigenvalue weighted by Crippen LogP contribution is -2.16. The van der Waals surface area contributed by atoms with Gasteiger partial charge in [-0.25, -0.2) is 4.98 Å². The van der Waals surface area contributed by atoms with E-state index in [0.29, 0.717) is 5.75 Å². The summed E-state index contributed by atoms with van der Waals surface area (Å²) in [6.45, 7) is 3.95. The summed E-state index contributed by atoms with van der Waals surface area (Å²) in [6, 6.07) is 9.63. The minimum Gasteiger partial charge on any atom is -0.325 e. The van der Waals surface area contributed by atoms with Crippen LogP contribution in [0.4, 0.5) is 5.69 Å². The van der Waals surface area contributed by atoms with Gasteiger partial charge >= 0.3 is 0 Å². The van der Waals surface area contributed by atoms with Crippen molar-refractivity contribution < 1.29 is 9.59 Å². The molecule has 7 heteroatoms. The van der Waals surface area contributed by atoms with Crippen molar-refractivity contribution in [2.45, 2.75) is 24.6 Å².